The van der Waals surface area contributed by atoms with Crippen LogP contribution in [0.3, 0.4) is 0 Å². The molecule has 0 saturated heterocycles. The minimum Gasteiger partial charge on any atom is -0.454 e. The number of rotatable bonds is 5. The number of H-pyrrole nitrogens is 1. The van der Waals surface area contributed by atoms with Gasteiger partial charge in [0.1, 0.15) is 17.2 Å². The smallest absolute Gasteiger partial charge is 0.269 e. The fourth-order valence-electron chi connectivity index (χ4n) is 3.05. The molecule has 2 N–H and O–H groups in total. The van der Waals surface area contributed by atoms with Crippen LogP contribution in [0.25, 0.3) is 22.6 Å². The Morgan fingerprint density at radius 1 is 1.03 bits per heavy atom. The van der Waals surface area contributed by atoms with Crippen molar-refractivity contribution in [1.29, 1.82) is 0 Å². The maximum Gasteiger partial charge on any atom is 0.269 e. The molecule has 0 unspecified atom stereocenters. The lowest BCUT2D eigenvalue weighted by Crippen LogP contribution is -2.23. The highest BCUT2D eigenvalue weighted by Crippen LogP contribution is 2.36. The molecule has 0 spiro atoms. The molecule has 0 fully saturated rings. The third kappa shape index (κ3) is 3.48. The molecule has 9 heteroatoms. The molecule has 8 nitrogen and oxygen atoms in total. The normalized spacial score (nSPS) is 12.2. The van der Waals surface area contributed by atoms with Gasteiger partial charge in [0.05, 0.1) is 12.2 Å². The van der Waals surface area contributed by atoms with E-state index in [1.165, 1.54) is 12.1 Å². The molecule has 2 aromatic heterocycles. The lowest BCUT2D eigenvalue weighted by Gasteiger charge is -1.99. The van der Waals surface area contributed by atoms with Gasteiger partial charge in [-0.25, -0.2) is 4.39 Å². The second-order valence-corrected chi connectivity index (χ2v) is 6.61. The Hall–Kier alpha value is -4.14. The number of hydrogen-bond acceptors (Lipinski definition) is 6. The van der Waals surface area contributed by atoms with Gasteiger partial charge >= 0.3 is 0 Å². The minimum atomic E-state index is -0.344. The van der Waals surface area contributed by atoms with E-state index in [1.807, 2.05) is 12.1 Å². The Morgan fingerprint density at radius 3 is 2.70 bits per heavy atom. The first-order chi connectivity index (χ1) is 14.7. The van der Waals surface area contributed by atoms with E-state index >= 15 is 0 Å². The lowest BCUT2D eigenvalue weighted by molar-refractivity contribution is 0.0945. The average molecular weight is 406 g/mol. The zero-order valence-corrected chi connectivity index (χ0v) is 15.5. The molecular weight excluding hydrogens is 391 g/mol. The van der Waals surface area contributed by atoms with Crippen molar-refractivity contribution in [2.45, 2.75) is 6.54 Å². The molecule has 0 atom stereocenters. The maximum absolute atomic E-state index is 13.0. The number of hydrogen-bond donors (Lipinski definition) is 2. The van der Waals surface area contributed by atoms with Gasteiger partial charge in [-0.05, 0) is 48.5 Å². The monoisotopic (exact) mass is 406 g/mol. The number of benzene rings is 2. The van der Waals surface area contributed by atoms with Crippen molar-refractivity contribution in [3.8, 4) is 34.1 Å². The number of nitrogens with zero attached hydrogens (tertiary/aromatic N) is 2. The van der Waals surface area contributed by atoms with Gasteiger partial charge < -0.3 is 19.3 Å². The van der Waals surface area contributed by atoms with Crippen LogP contribution < -0.4 is 14.8 Å². The number of carbonyl (C=O) groups is 1. The predicted octanol–water partition coefficient (Wildman–Crippen LogP) is 3.53. The molecule has 0 aliphatic carbocycles. The van der Waals surface area contributed by atoms with E-state index in [4.69, 9.17) is 14.0 Å². The van der Waals surface area contributed by atoms with E-state index < -0.39 is 0 Å². The van der Waals surface area contributed by atoms with Crippen molar-refractivity contribution >= 4 is 5.91 Å². The summed E-state index contributed by atoms with van der Waals surface area (Å²) in [5, 5.41) is 13.5. The highest BCUT2D eigenvalue weighted by Gasteiger charge is 2.17. The van der Waals surface area contributed by atoms with Gasteiger partial charge in [0.2, 0.25) is 6.79 Å². The van der Waals surface area contributed by atoms with Crippen LogP contribution in [0.5, 0.6) is 11.5 Å². The molecule has 150 valence electrons. The number of fused-ring (bicyclic) bond motifs is 1. The molecule has 30 heavy (non-hydrogen) atoms. The maximum atomic E-state index is 13.0. The second-order valence-electron chi connectivity index (χ2n) is 6.61. The van der Waals surface area contributed by atoms with Gasteiger partial charge in [-0.15, -0.1) is 0 Å². The summed E-state index contributed by atoms with van der Waals surface area (Å²) in [5.41, 5.74) is 2.90. The zero-order chi connectivity index (χ0) is 20.5. The highest BCUT2D eigenvalue weighted by molar-refractivity contribution is 5.93. The molecule has 0 saturated carbocycles. The number of nitrogens with one attached hydrogen (secondary N) is 2. The fraction of sp³-hybridized carbons (Fsp3) is 0.0952. The Labute approximate surface area is 169 Å². The lowest BCUT2D eigenvalue weighted by atomic mass is 10.1. The van der Waals surface area contributed by atoms with Crippen LogP contribution >= 0.6 is 0 Å². The Morgan fingerprint density at radius 2 is 1.83 bits per heavy atom. The molecule has 2 aromatic carbocycles. The summed E-state index contributed by atoms with van der Waals surface area (Å²) in [5.74, 6) is 1.21. The summed E-state index contributed by atoms with van der Waals surface area (Å²) in [6.45, 7) is 0.376. The van der Waals surface area contributed by atoms with E-state index in [9.17, 15) is 9.18 Å². The van der Waals surface area contributed by atoms with Gasteiger partial charge in [-0.2, -0.15) is 5.10 Å². The first kappa shape index (κ1) is 17.9. The standard InChI is InChI=1S/C21H15FN4O4/c22-14-4-1-12(2-5-14)16-9-17(25-24-16)21(27)23-10-15-8-19(30-26-15)13-3-6-18-20(7-13)29-11-28-18/h1-9H,10-11H2,(H,23,27)(H,24,25). The van der Waals surface area contributed by atoms with Crippen molar-refractivity contribution < 1.29 is 23.2 Å². The number of amides is 1. The Balaban J connectivity index is 1.24. The van der Waals surface area contributed by atoms with Crippen molar-refractivity contribution in [1.82, 2.24) is 20.7 Å². The number of ether oxygens (including phenoxy) is 2. The van der Waals surface area contributed by atoms with E-state index in [1.54, 1.807) is 30.3 Å². The minimum absolute atomic E-state index is 0.178. The van der Waals surface area contributed by atoms with Crippen molar-refractivity contribution in [2.75, 3.05) is 6.79 Å². The molecule has 0 radical (unpaired) electrons. The number of carbonyl (C=O) groups excluding carboxylic acids is 1. The summed E-state index contributed by atoms with van der Waals surface area (Å²) >= 11 is 0. The van der Waals surface area contributed by atoms with Crippen LogP contribution in [0, 0.1) is 5.82 Å². The third-order valence-corrected chi connectivity index (χ3v) is 4.61. The van der Waals surface area contributed by atoms with Crippen molar-refractivity contribution in [3.63, 3.8) is 0 Å². The molecule has 1 amide bonds. The predicted molar refractivity (Wildman–Crippen MR) is 103 cm³/mol. The molecule has 3 heterocycles. The third-order valence-electron chi connectivity index (χ3n) is 4.61. The largest absolute Gasteiger partial charge is 0.454 e. The highest BCUT2D eigenvalue weighted by atomic mass is 19.1. The molecule has 1 aliphatic heterocycles. The second kappa shape index (κ2) is 7.36. The number of aromatic amines is 1. The van der Waals surface area contributed by atoms with Crippen molar-refractivity contribution in [3.05, 3.63) is 71.8 Å². The van der Waals surface area contributed by atoms with Crippen LogP contribution in [0.4, 0.5) is 4.39 Å². The van der Waals surface area contributed by atoms with E-state index in [2.05, 4.69) is 20.7 Å². The van der Waals surface area contributed by atoms with Gasteiger partial charge in [0.25, 0.3) is 5.91 Å². The van der Waals surface area contributed by atoms with Gasteiger partial charge in [0, 0.05) is 17.2 Å². The Bertz CT molecular complexity index is 1220. The van der Waals surface area contributed by atoms with Crippen LogP contribution in [0.15, 0.2) is 59.1 Å². The van der Waals surface area contributed by atoms with Crippen molar-refractivity contribution in [2.24, 2.45) is 0 Å². The molecule has 0 bridgehead atoms. The first-order valence-corrected chi connectivity index (χ1v) is 9.11. The number of aromatic nitrogens is 3. The first-order valence-electron chi connectivity index (χ1n) is 9.11. The van der Waals surface area contributed by atoms with E-state index in [0.29, 0.717) is 34.2 Å². The van der Waals surface area contributed by atoms with Gasteiger partial charge in [-0.1, -0.05) is 5.16 Å². The van der Waals surface area contributed by atoms with Gasteiger partial charge in [0.15, 0.2) is 17.3 Å². The topological polar surface area (TPSA) is 102 Å². The fourth-order valence-corrected chi connectivity index (χ4v) is 3.05. The Kier molecular flexibility index (Phi) is 4.40. The molecule has 4 aromatic rings. The summed E-state index contributed by atoms with van der Waals surface area (Å²) in [6.07, 6.45) is 0. The summed E-state index contributed by atoms with van der Waals surface area (Å²) in [4.78, 5) is 12.4. The van der Waals surface area contributed by atoms with E-state index in [-0.39, 0.29) is 30.8 Å². The zero-order valence-electron chi connectivity index (χ0n) is 15.5. The number of halogens is 1. The van der Waals surface area contributed by atoms with E-state index in [0.717, 1.165) is 5.56 Å². The molecular formula is C21H15FN4O4. The summed E-state index contributed by atoms with van der Waals surface area (Å²) in [6, 6.07) is 14.7. The van der Waals surface area contributed by atoms with Crippen LogP contribution in [0.2, 0.25) is 0 Å². The molecule has 1 aliphatic rings. The summed E-state index contributed by atoms with van der Waals surface area (Å²) < 4.78 is 29.1. The molecule has 5 rings (SSSR count). The quantitative estimate of drug-likeness (QED) is 0.526. The van der Waals surface area contributed by atoms with Crippen LogP contribution in [0.1, 0.15) is 16.2 Å². The van der Waals surface area contributed by atoms with Crippen LogP contribution in [-0.2, 0) is 6.54 Å². The summed E-state index contributed by atoms with van der Waals surface area (Å²) in [7, 11) is 0. The average Bonchev–Trinajstić information content (AvgIpc) is 3.52. The van der Waals surface area contributed by atoms with Gasteiger partial charge in [-0.3, -0.25) is 9.89 Å². The van der Waals surface area contributed by atoms with Crippen LogP contribution in [-0.4, -0.2) is 28.1 Å². The SMILES string of the molecule is O=C(NCc1cc(-c2ccc3c(c2)OCO3)on1)c1cc(-c2ccc(F)cc2)n[nH]1.